The summed E-state index contributed by atoms with van der Waals surface area (Å²) in [7, 11) is 0. The third kappa shape index (κ3) is 4.60. The third-order valence-electron chi connectivity index (χ3n) is 4.42. The van der Waals surface area contributed by atoms with Gasteiger partial charge in [-0.1, -0.05) is 6.42 Å². The standard InChI is InChI=1S/C17H25N5O3/c1-12(10-13(23)14-6-5-9-25-14)19-17(24)18-11-16-21-20-15-7-3-2-4-8-22(15)16/h5-6,9,12-13,23H,2-4,7-8,10-11H2,1H3,(H2,18,19,24). The molecule has 3 heterocycles. The highest BCUT2D eigenvalue weighted by Gasteiger charge is 2.18. The van der Waals surface area contributed by atoms with Gasteiger partial charge in [0.1, 0.15) is 17.7 Å². The van der Waals surface area contributed by atoms with Gasteiger partial charge in [0.05, 0.1) is 12.8 Å². The van der Waals surface area contributed by atoms with Crippen molar-refractivity contribution in [1.82, 2.24) is 25.4 Å². The smallest absolute Gasteiger partial charge is 0.315 e. The van der Waals surface area contributed by atoms with Crippen LogP contribution >= 0.6 is 0 Å². The number of aliphatic hydroxyl groups is 1. The number of aromatic nitrogens is 3. The summed E-state index contributed by atoms with van der Waals surface area (Å²) in [5, 5.41) is 24.1. The molecule has 2 amide bonds. The first kappa shape index (κ1) is 17.5. The number of carbonyl (C=O) groups is 1. The average Bonchev–Trinajstić information content (AvgIpc) is 3.18. The van der Waals surface area contributed by atoms with Gasteiger partial charge in [0, 0.05) is 25.4 Å². The Balaban J connectivity index is 1.46. The lowest BCUT2D eigenvalue weighted by atomic mass is 10.1. The highest BCUT2D eigenvalue weighted by molar-refractivity contribution is 5.74. The predicted octanol–water partition coefficient (Wildman–Crippen LogP) is 1.91. The lowest BCUT2D eigenvalue weighted by Crippen LogP contribution is -2.41. The van der Waals surface area contributed by atoms with Crippen LogP contribution in [0, 0.1) is 0 Å². The lowest BCUT2D eigenvalue weighted by Gasteiger charge is -2.17. The molecule has 3 rings (SSSR count). The molecule has 1 aliphatic rings. The normalized spacial score (nSPS) is 16.6. The zero-order chi connectivity index (χ0) is 17.6. The second kappa shape index (κ2) is 8.15. The van der Waals surface area contributed by atoms with Gasteiger partial charge in [-0.3, -0.25) is 0 Å². The number of rotatable bonds is 6. The molecule has 0 radical (unpaired) electrons. The fourth-order valence-electron chi connectivity index (χ4n) is 3.10. The molecule has 0 spiro atoms. The maximum absolute atomic E-state index is 12.1. The van der Waals surface area contributed by atoms with Crippen LogP contribution in [-0.4, -0.2) is 31.9 Å². The first-order valence-corrected chi connectivity index (χ1v) is 8.80. The first-order chi connectivity index (χ1) is 12.1. The number of furan rings is 1. The van der Waals surface area contributed by atoms with Crippen LogP contribution in [0.4, 0.5) is 4.79 Å². The monoisotopic (exact) mass is 347 g/mol. The Labute approximate surface area is 146 Å². The van der Waals surface area contributed by atoms with Gasteiger partial charge < -0.3 is 24.7 Å². The second-order valence-electron chi connectivity index (χ2n) is 6.49. The van der Waals surface area contributed by atoms with E-state index in [1.807, 2.05) is 6.92 Å². The van der Waals surface area contributed by atoms with Gasteiger partial charge in [0.25, 0.3) is 0 Å². The van der Waals surface area contributed by atoms with Crippen molar-refractivity contribution in [2.45, 2.75) is 64.3 Å². The maximum atomic E-state index is 12.1. The van der Waals surface area contributed by atoms with E-state index in [4.69, 9.17) is 4.42 Å². The van der Waals surface area contributed by atoms with Crippen LogP contribution < -0.4 is 10.6 Å². The predicted molar refractivity (Wildman–Crippen MR) is 90.7 cm³/mol. The third-order valence-corrected chi connectivity index (χ3v) is 4.42. The van der Waals surface area contributed by atoms with Crippen molar-refractivity contribution < 1.29 is 14.3 Å². The quantitative estimate of drug-likeness (QED) is 0.740. The average molecular weight is 347 g/mol. The van der Waals surface area contributed by atoms with Crippen LogP contribution in [0.15, 0.2) is 22.8 Å². The molecule has 0 saturated carbocycles. The summed E-state index contributed by atoms with van der Waals surface area (Å²) < 4.78 is 7.27. The molecular formula is C17H25N5O3. The molecule has 0 saturated heterocycles. The van der Waals surface area contributed by atoms with Crippen LogP contribution in [0.2, 0.25) is 0 Å². The summed E-state index contributed by atoms with van der Waals surface area (Å²) in [5.74, 6) is 2.29. The number of hydrogen-bond acceptors (Lipinski definition) is 5. The molecule has 2 atom stereocenters. The number of carbonyl (C=O) groups excluding carboxylic acids is 1. The van der Waals surface area contributed by atoms with Crippen molar-refractivity contribution in [2.75, 3.05) is 0 Å². The topological polar surface area (TPSA) is 105 Å². The molecule has 3 N–H and O–H groups in total. The summed E-state index contributed by atoms with van der Waals surface area (Å²) in [4.78, 5) is 12.1. The van der Waals surface area contributed by atoms with Gasteiger partial charge in [-0.2, -0.15) is 0 Å². The Morgan fingerprint density at radius 1 is 1.40 bits per heavy atom. The molecule has 2 unspecified atom stereocenters. The fraction of sp³-hybridized carbons (Fsp3) is 0.588. The molecule has 2 aromatic heterocycles. The number of nitrogens with zero attached hydrogens (tertiary/aromatic N) is 3. The lowest BCUT2D eigenvalue weighted by molar-refractivity contribution is 0.129. The van der Waals surface area contributed by atoms with E-state index in [9.17, 15) is 9.90 Å². The Hall–Kier alpha value is -2.35. The van der Waals surface area contributed by atoms with Crippen molar-refractivity contribution in [3.05, 3.63) is 35.8 Å². The van der Waals surface area contributed by atoms with Gasteiger partial charge in [0.15, 0.2) is 5.82 Å². The first-order valence-electron chi connectivity index (χ1n) is 8.80. The molecule has 8 nitrogen and oxygen atoms in total. The van der Waals surface area contributed by atoms with Crippen molar-refractivity contribution >= 4 is 6.03 Å². The van der Waals surface area contributed by atoms with Gasteiger partial charge in [0.2, 0.25) is 0 Å². The number of aryl methyl sites for hydroxylation is 1. The molecule has 8 heteroatoms. The Kier molecular flexibility index (Phi) is 5.70. The Bertz CT molecular complexity index is 683. The van der Waals surface area contributed by atoms with E-state index < -0.39 is 6.10 Å². The molecule has 1 aliphatic heterocycles. The zero-order valence-electron chi connectivity index (χ0n) is 14.4. The van der Waals surface area contributed by atoms with Crippen LogP contribution in [0.1, 0.15) is 56.1 Å². The van der Waals surface area contributed by atoms with Crippen LogP contribution in [0.25, 0.3) is 0 Å². The van der Waals surface area contributed by atoms with Crippen molar-refractivity contribution in [3.63, 3.8) is 0 Å². The van der Waals surface area contributed by atoms with E-state index in [2.05, 4.69) is 25.4 Å². The number of aliphatic hydroxyl groups excluding tert-OH is 1. The van der Waals surface area contributed by atoms with Gasteiger partial charge in [-0.15, -0.1) is 10.2 Å². The van der Waals surface area contributed by atoms with Crippen LogP contribution in [0.3, 0.4) is 0 Å². The van der Waals surface area contributed by atoms with E-state index in [0.717, 1.165) is 37.5 Å². The fourth-order valence-corrected chi connectivity index (χ4v) is 3.10. The molecule has 0 bridgehead atoms. The highest BCUT2D eigenvalue weighted by atomic mass is 16.4. The number of nitrogens with one attached hydrogen (secondary N) is 2. The molecule has 136 valence electrons. The molecule has 2 aromatic rings. The molecule has 0 aromatic carbocycles. The maximum Gasteiger partial charge on any atom is 0.315 e. The molecular weight excluding hydrogens is 322 g/mol. The van der Waals surface area contributed by atoms with Gasteiger partial charge >= 0.3 is 6.03 Å². The number of urea groups is 1. The summed E-state index contributed by atoms with van der Waals surface area (Å²) in [6, 6.07) is 2.96. The SMILES string of the molecule is CC(CC(O)c1ccco1)NC(=O)NCc1nnc2n1CCCCC2. The minimum absolute atomic E-state index is 0.199. The van der Waals surface area contributed by atoms with E-state index in [-0.39, 0.29) is 12.1 Å². The Morgan fingerprint density at radius 2 is 2.28 bits per heavy atom. The summed E-state index contributed by atoms with van der Waals surface area (Å²) >= 11 is 0. The largest absolute Gasteiger partial charge is 0.467 e. The Morgan fingerprint density at radius 3 is 3.08 bits per heavy atom. The van der Waals surface area contributed by atoms with Gasteiger partial charge in [-0.05, 0) is 31.9 Å². The molecule has 25 heavy (non-hydrogen) atoms. The molecule has 0 aliphatic carbocycles. The van der Waals surface area contributed by atoms with Crippen LogP contribution in [-0.2, 0) is 19.5 Å². The number of fused-ring (bicyclic) bond motifs is 1. The number of amides is 2. The van der Waals surface area contributed by atoms with E-state index in [1.165, 1.54) is 12.7 Å². The van der Waals surface area contributed by atoms with Crippen molar-refractivity contribution in [2.24, 2.45) is 0 Å². The number of hydrogen-bond donors (Lipinski definition) is 3. The second-order valence-corrected chi connectivity index (χ2v) is 6.49. The van der Waals surface area contributed by atoms with E-state index >= 15 is 0 Å². The summed E-state index contributed by atoms with van der Waals surface area (Å²) in [6.07, 6.45) is 5.56. The van der Waals surface area contributed by atoms with E-state index in [0.29, 0.717) is 18.7 Å². The minimum atomic E-state index is -0.738. The van der Waals surface area contributed by atoms with Crippen LogP contribution in [0.5, 0.6) is 0 Å². The zero-order valence-corrected chi connectivity index (χ0v) is 14.4. The summed E-state index contributed by atoms with van der Waals surface area (Å²) in [5.41, 5.74) is 0. The summed E-state index contributed by atoms with van der Waals surface area (Å²) in [6.45, 7) is 3.09. The van der Waals surface area contributed by atoms with Crippen molar-refractivity contribution in [3.8, 4) is 0 Å². The minimum Gasteiger partial charge on any atom is -0.467 e. The van der Waals surface area contributed by atoms with Gasteiger partial charge in [-0.25, -0.2) is 4.79 Å². The van der Waals surface area contributed by atoms with Crippen molar-refractivity contribution in [1.29, 1.82) is 0 Å². The molecule has 0 fully saturated rings. The highest BCUT2D eigenvalue weighted by Crippen LogP contribution is 2.18. The van der Waals surface area contributed by atoms with E-state index in [1.54, 1.807) is 12.1 Å².